The van der Waals surface area contributed by atoms with Crippen molar-refractivity contribution >= 4 is 17.5 Å². The van der Waals surface area contributed by atoms with Crippen LogP contribution >= 0.6 is 11.6 Å². The molecule has 0 bridgehead atoms. The Morgan fingerprint density at radius 1 is 1.06 bits per heavy atom. The van der Waals surface area contributed by atoms with Gasteiger partial charge in [-0.2, -0.15) is 0 Å². The molecule has 4 nitrogen and oxygen atoms in total. The SMILES string of the molecule is CC(C)CN1CCOc2ccccc2CCCCC2(CCN(C(=O)Cc3c(F)cccc3Cl)CC2)C1. The number of rotatable bonds is 4. The zero-order valence-corrected chi connectivity index (χ0v) is 22.5. The van der Waals surface area contributed by atoms with Gasteiger partial charge in [-0.25, -0.2) is 4.39 Å². The summed E-state index contributed by atoms with van der Waals surface area (Å²) >= 11 is 6.18. The van der Waals surface area contributed by atoms with Crippen molar-refractivity contribution in [2.24, 2.45) is 11.3 Å². The second-order valence-corrected chi connectivity index (χ2v) is 11.5. The Labute approximate surface area is 220 Å². The first-order valence-corrected chi connectivity index (χ1v) is 13.9. The normalized spacial score (nSPS) is 19.3. The average molecular weight is 515 g/mol. The van der Waals surface area contributed by atoms with Crippen LogP contribution in [0.2, 0.25) is 5.02 Å². The summed E-state index contributed by atoms with van der Waals surface area (Å²) in [7, 11) is 0. The Morgan fingerprint density at radius 2 is 1.83 bits per heavy atom. The molecule has 2 aliphatic rings. The molecule has 2 aliphatic heterocycles. The number of piperidine rings is 1. The first-order valence-electron chi connectivity index (χ1n) is 13.5. The molecule has 1 amide bonds. The van der Waals surface area contributed by atoms with E-state index in [-0.39, 0.29) is 17.7 Å². The van der Waals surface area contributed by atoms with Crippen molar-refractivity contribution < 1.29 is 13.9 Å². The number of benzene rings is 2. The molecular weight excluding hydrogens is 475 g/mol. The van der Waals surface area contributed by atoms with E-state index in [1.54, 1.807) is 12.1 Å². The van der Waals surface area contributed by atoms with Gasteiger partial charge in [0, 0.05) is 43.3 Å². The van der Waals surface area contributed by atoms with E-state index in [0.717, 1.165) is 64.2 Å². The van der Waals surface area contributed by atoms with Crippen molar-refractivity contribution in [3.63, 3.8) is 0 Å². The van der Waals surface area contributed by atoms with Gasteiger partial charge in [-0.05, 0) is 67.2 Å². The van der Waals surface area contributed by atoms with Crippen molar-refractivity contribution in [1.29, 1.82) is 0 Å². The minimum Gasteiger partial charge on any atom is -0.492 e. The van der Waals surface area contributed by atoms with E-state index in [2.05, 4.69) is 43.0 Å². The molecule has 1 spiro atoms. The number of ether oxygens (including phenoxy) is 1. The summed E-state index contributed by atoms with van der Waals surface area (Å²) in [5.41, 5.74) is 1.80. The first kappa shape index (κ1) is 26.9. The topological polar surface area (TPSA) is 32.8 Å². The molecule has 0 aromatic heterocycles. The molecule has 0 N–H and O–H groups in total. The maximum Gasteiger partial charge on any atom is 0.227 e. The van der Waals surface area contributed by atoms with Crippen molar-refractivity contribution in [1.82, 2.24) is 9.80 Å². The van der Waals surface area contributed by atoms with Crippen molar-refractivity contribution in [3.05, 3.63) is 64.4 Å². The van der Waals surface area contributed by atoms with Gasteiger partial charge in [0.2, 0.25) is 5.91 Å². The number of fused-ring (bicyclic) bond motifs is 1. The third-order valence-electron chi connectivity index (χ3n) is 7.79. The number of nitrogens with zero attached hydrogens (tertiary/aromatic N) is 2. The summed E-state index contributed by atoms with van der Waals surface area (Å²) in [6.45, 7) is 9.66. The Balaban J connectivity index is 1.44. The second kappa shape index (κ2) is 12.4. The number of amides is 1. The number of para-hydroxylation sites is 1. The number of hydrogen-bond donors (Lipinski definition) is 0. The zero-order chi connectivity index (χ0) is 25.5. The van der Waals surface area contributed by atoms with Crippen molar-refractivity contribution in [3.8, 4) is 5.75 Å². The fraction of sp³-hybridized carbons (Fsp3) is 0.567. The Kier molecular flexibility index (Phi) is 9.30. The van der Waals surface area contributed by atoms with Crippen LogP contribution in [0.4, 0.5) is 4.39 Å². The molecule has 196 valence electrons. The van der Waals surface area contributed by atoms with Crippen LogP contribution in [0.15, 0.2) is 42.5 Å². The molecule has 2 aromatic carbocycles. The summed E-state index contributed by atoms with van der Waals surface area (Å²) < 4.78 is 20.5. The van der Waals surface area contributed by atoms with Crippen molar-refractivity contribution in [2.45, 2.75) is 58.8 Å². The van der Waals surface area contributed by atoms with E-state index in [1.807, 2.05) is 4.90 Å². The van der Waals surface area contributed by atoms with Gasteiger partial charge in [0.25, 0.3) is 0 Å². The number of carbonyl (C=O) groups excluding carboxylic acids is 1. The van der Waals surface area contributed by atoms with E-state index >= 15 is 0 Å². The third kappa shape index (κ3) is 7.01. The first-order chi connectivity index (χ1) is 17.3. The van der Waals surface area contributed by atoms with Crippen LogP contribution in [0, 0.1) is 17.2 Å². The van der Waals surface area contributed by atoms with Gasteiger partial charge in [0.05, 0.1) is 6.42 Å². The standard InChI is InChI=1S/C30H40ClFN2O2/c1-23(2)21-33-18-19-36-28-12-4-3-8-24(28)9-5-6-13-30(22-33)14-16-34(17-15-30)29(35)20-25-26(31)10-7-11-27(25)32/h3-4,7-8,10-12,23H,5-6,9,13-22H2,1-2H3. The van der Waals surface area contributed by atoms with Crippen LogP contribution in [0.25, 0.3) is 0 Å². The average Bonchev–Trinajstić information content (AvgIpc) is 2.84. The van der Waals surface area contributed by atoms with E-state index < -0.39 is 5.82 Å². The van der Waals surface area contributed by atoms with E-state index in [4.69, 9.17) is 16.3 Å². The monoisotopic (exact) mass is 514 g/mol. The van der Waals surface area contributed by atoms with Crippen LogP contribution in [0.5, 0.6) is 5.75 Å². The molecule has 4 rings (SSSR count). The lowest BCUT2D eigenvalue weighted by molar-refractivity contribution is -0.133. The van der Waals surface area contributed by atoms with Crippen LogP contribution < -0.4 is 4.74 Å². The minimum absolute atomic E-state index is 0.0225. The van der Waals surface area contributed by atoms with Crippen molar-refractivity contribution in [2.75, 3.05) is 39.3 Å². The Hall–Kier alpha value is -2.11. The second-order valence-electron chi connectivity index (χ2n) is 11.1. The maximum absolute atomic E-state index is 14.2. The van der Waals surface area contributed by atoms with Gasteiger partial charge in [0.1, 0.15) is 18.2 Å². The van der Waals surface area contributed by atoms with Crippen LogP contribution in [0.3, 0.4) is 0 Å². The van der Waals surface area contributed by atoms with Crippen LogP contribution in [-0.4, -0.2) is 55.0 Å². The molecule has 0 aliphatic carbocycles. The summed E-state index contributed by atoms with van der Waals surface area (Å²) in [5.74, 6) is 1.17. The highest BCUT2D eigenvalue weighted by atomic mass is 35.5. The molecule has 0 radical (unpaired) electrons. The number of halogens is 2. The number of aryl methyl sites for hydroxylation is 1. The van der Waals surface area contributed by atoms with Gasteiger partial charge in [-0.3, -0.25) is 9.69 Å². The molecule has 36 heavy (non-hydrogen) atoms. The van der Waals surface area contributed by atoms with Crippen LogP contribution in [0.1, 0.15) is 57.1 Å². The molecular formula is C30H40ClFN2O2. The minimum atomic E-state index is -0.406. The fourth-order valence-corrected chi connectivity index (χ4v) is 6.09. The maximum atomic E-state index is 14.2. The molecule has 0 unspecified atom stereocenters. The highest BCUT2D eigenvalue weighted by Gasteiger charge is 2.37. The lowest BCUT2D eigenvalue weighted by atomic mass is 9.73. The molecule has 1 fully saturated rings. The lowest BCUT2D eigenvalue weighted by Crippen LogP contribution is -2.49. The highest BCUT2D eigenvalue weighted by Crippen LogP contribution is 2.39. The van der Waals surface area contributed by atoms with Crippen LogP contribution in [-0.2, 0) is 17.6 Å². The molecule has 0 saturated carbocycles. The number of carbonyl (C=O) groups is 1. The summed E-state index contributed by atoms with van der Waals surface area (Å²) in [6.07, 6.45) is 6.51. The molecule has 6 heteroatoms. The predicted octanol–water partition coefficient (Wildman–Crippen LogP) is 6.39. The summed E-state index contributed by atoms with van der Waals surface area (Å²) in [6, 6.07) is 13.0. The zero-order valence-electron chi connectivity index (χ0n) is 21.8. The third-order valence-corrected chi connectivity index (χ3v) is 8.14. The molecule has 2 aromatic rings. The van der Waals surface area contributed by atoms with Gasteiger partial charge >= 0.3 is 0 Å². The van der Waals surface area contributed by atoms with Gasteiger partial charge in [-0.1, -0.05) is 56.1 Å². The lowest BCUT2D eigenvalue weighted by Gasteiger charge is -2.45. The van der Waals surface area contributed by atoms with Gasteiger partial charge in [0.15, 0.2) is 0 Å². The molecule has 1 saturated heterocycles. The van der Waals surface area contributed by atoms with E-state index in [1.165, 1.54) is 24.5 Å². The largest absolute Gasteiger partial charge is 0.492 e. The fourth-order valence-electron chi connectivity index (χ4n) is 5.86. The van der Waals surface area contributed by atoms with E-state index in [9.17, 15) is 9.18 Å². The quantitative estimate of drug-likeness (QED) is 0.473. The smallest absolute Gasteiger partial charge is 0.227 e. The van der Waals surface area contributed by atoms with Gasteiger partial charge in [-0.15, -0.1) is 0 Å². The molecule has 0 atom stereocenters. The van der Waals surface area contributed by atoms with E-state index in [0.29, 0.717) is 23.1 Å². The summed E-state index contributed by atoms with van der Waals surface area (Å²) in [4.78, 5) is 17.5. The van der Waals surface area contributed by atoms with Gasteiger partial charge < -0.3 is 9.64 Å². The summed E-state index contributed by atoms with van der Waals surface area (Å²) in [5, 5.41) is 0.323. The predicted molar refractivity (Wildman–Crippen MR) is 144 cm³/mol. The number of likely N-dealkylation sites (tertiary alicyclic amines) is 1. The molecule has 2 heterocycles. The Morgan fingerprint density at radius 3 is 2.58 bits per heavy atom. The Bertz CT molecular complexity index is 1000. The number of hydrogen-bond acceptors (Lipinski definition) is 3. The highest BCUT2D eigenvalue weighted by molar-refractivity contribution is 6.31.